The van der Waals surface area contributed by atoms with E-state index in [9.17, 15) is 13.5 Å². The molecule has 21 heavy (non-hydrogen) atoms. The predicted octanol–water partition coefficient (Wildman–Crippen LogP) is 2.27. The van der Waals surface area contributed by atoms with Crippen LogP contribution >= 0.6 is 11.6 Å². The first-order valence-electron chi connectivity index (χ1n) is 6.97. The van der Waals surface area contributed by atoms with Crippen molar-refractivity contribution >= 4 is 21.6 Å². The van der Waals surface area contributed by atoms with Crippen molar-refractivity contribution < 1.29 is 18.3 Å². The van der Waals surface area contributed by atoms with E-state index in [2.05, 4.69) is 0 Å². The standard InChI is InChI=1S/C14H20ClNO4S/c1-20-14-7-6-12(10-13(14)15)21(18,19)16(8-9-17)11-4-2-3-5-11/h6-7,10-11,17H,2-5,8-9H2,1H3. The summed E-state index contributed by atoms with van der Waals surface area (Å²) in [6.07, 6.45) is 3.71. The predicted molar refractivity (Wildman–Crippen MR) is 81.2 cm³/mol. The Kier molecular flexibility index (Phi) is 5.48. The van der Waals surface area contributed by atoms with Crippen LogP contribution < -0.4 is 4.74 Å². The Morgan fingerprint density at radius 1 is 1.38 bits per heavy atom. The Labute approximate surface area is 130 Å². The van der Waals surface area contributed by atoms with Crippen LogP contribution in [0.1, 0.15) is 25.7 Å². The van der Waals surface area contributed by atoms with Crippen molar-refractivity contribution in [2.75, 3.05) is 20.3 Å². The summed E-state index contributed by atoms with van der Waals surface area (Å²) in [5, 5.41) is 9.45. The first-order valence-corrected chi connectivity index (χ1v) is 8.78. The van der Waals surface area contributed by atoms with E-state index in [0.717, 1.165) is 25.7 Å². The van der Waals surface area contributed by atoms with Gasteiger partial charge in [-0.15, -0.1) is 0 Å². The lowest BCUT2D eigenvalue weighted by Crippen LogP contribution is -2.40. The second-order valence-corrected chi connectivity index (χ2v) is 7.37. The van der Waals surface area contributed by atoms with E-state index in [1.54, 1.807) is 6.07 Å². The minimum Gasteiger partial charge on any atom is -0.495 e. The van der Waals surface area contributed by atoms with Crippen LogP contribution in [0.5, 0.6) is 5.75 Å². The van der Waals surface area contributed by atoms with Crippen molar-refractivity contribution in [3.63, 3.8) is 0 Å². The van der Waals surface area contributed by atoms with E-state index in [1.807, 2.05) is 0 Å². The summed E-state index contributed by atoms with van der Waals surface area (Å²) in [4.78, 5) is 0.133. The number of aliphatic hydroxyl groups excluding tert-OH is 1. The van der Waals surface area contributed by atoms with Gasteiger partial charge in [-0.05, 0) is 31.0 Å². The summed E-state index contributed by atoms with van der Waals surface area (Å²) in [6, 6.07) is 4.39. The fraction of sp³-hybridized carbons (Fsp3) is 0.571. The molecule has 7 heteroatoms. The van der Waals surface area contributed by atoms with Gasteiger partial charge in [-0.25, -0.2) is 8.42 Å². The monoisotopic (exact) mass is 333 g/mol. The average molecular weight is 334 g/mol. The summed E-state index contributed by atoms with van der Waals surface area (Å²) >= 11 is 6.02. The molecule has 1 saturated carbocycles. The van der Waals surface area contributed by atoms with Crippen molar-refractivity contribution in [2.24, 2.45) is 0 Å². The van der Waals surface area contributed by atoms with Gasteiger partial charge in [0.1, 0.15) is 5.75 Å². The molecule has 0 saturated heterocycles. The third kappa shape index (κ3) is 3.51. The zero-order valence-corrected chi connectivity index (χ0v) is 13.5. The van der Waals surface area contributed by atoms with Crippen molar-refractivity contribution in [1.29, 1.82) is 0 Å². The molecule has 5 nitrogen and oxygen atoms in total. The molecule has 0 unspecified atom stereocenters. The summed E-state index contributed by atoms with van der Waals surface area (Å²) in [5.74, 6) is 0.435. The van der Waals surface area contributed by atoms with E-state index >= 15 is 0 Å². The zero-order chi connectivity index (χ0) is 15.5. The Morgan fingerprint density at radius 2 is 2.05 bits per heavy atom. The normalized spacial score (nSPS) is 16.6. The molecule has 0 spiro atoms. The number of benzene rings is 1. The molecule has 1 aromatic carbocycles. The van der Waals surface area contributed by atoms with Crippen LogP contribution in [0.3, 0.4) is 0 Å². The van der Waals surface area contributed by atoms with E-state index < -0.39 is 10.0 Å². The summed E-state index contributed by atoms with van der Waals surface area (Å²) < 4.78 is 32.0. The van der Waals surface area contributed by atoms with Crippen molar-refractivity contribution in [1.82, 2.24) is 4.31 Å². The highest BCUT2D eigenvalue weighted by atomic mass is 35.5. The van der Waals surface area contributed by atoms with Gasteiger partial charge in [0, 0.05) is 12.6 Å². The van der Waals surface area contributed by atoms with E-state index in [0.29, 0.717) is 5.75 Å². The van der Waals surface area contributed by atoms with Gasteiger partial charge in [0.05, 0.1) is 23.6 Å². The van der Waals surface area contributed by atoms with Crippen LogP contribution in [-0.4, -0.2) is 44.1 Å². The van der Waals surface area contributed by atoms with Crippen LogP contribution in [0.2, 0.25) is 5.02 Å². The van der Waals surface area contributed by atoms with Gasteiger partial charge in [0.2, 0.25) is 10.0 Å². The number of hydrogen-bond donors (Lipinski definition) is 1. The lowest BCUT2D eigenvalue weighted by Gasteiger charge is -2.27. The summed E-state index contributed by atoms with van der Waals surface area (Å²) in [6.45, 7) is -0.0870. The Morgan fingerprint density at radius 3 is 2.57 bits per heavy atom. The molecule has 1 N–H and O–H groups in total. The lowest BCUT2D eigenvalue weighted by molar-refractivity contribution is 0.226. The third-order valence-electron chi connectivity index (χ3n) is 3.78. The van der Waals surface area contributed by atoms with Crippen LogP contribution in [-0.2, 0) is 10.0 Å². The van der Waals surface area contributed by atoms with E-state index in [4.69, 9.17) is 16.3 Å². The first kappa shape index (κ1) is 16.5. The highest BCUT2D eigenvalue weighted by molar-refractivity contribution is 7.89. The Hall–Kier alpha value is -0.820. The minimum absolute atomic E-state index is 0.0389. The van der Waals surface area contributed by atoms with E-state index in [1.165, 1.54) is 23.5 Å². The second kappa shape index (κ2) is 6.96. The number of sulfonamides is 1. The molecule has 0 bridgehead atoms. The van der Waals surface area contributed by atoms with Crippen LogP contribution in [0.15, 0.2) is 23.1 Å². The van der Waals surface area contributed by atoms with Crippen molar-refractivity contribution in [3.8, 4) is 5.75 Å². The molecular formula is C14H20ClNO4S. The number of halogens is 1. The van der Waals surface area contributed by atoms with E-state index in [-0.39, 0.29) is 29.1 Å². The molecule has 0 amide bonds. The molecule has 0 heterocycles. The van der Waals surface area contributed by atoms with Gasteiger partial charge >= 0.3 is 0 Å². The van der Waals surface area contributed by atoms with Crippen LogP contribution in [0.25, 0.3) is 0 Å². The molecular weight excluding hydrogens is 314 g/mol. The summed E-state index contributed by atoms with van der Waals surface area (Å²) in [5.41, 5.74) is 0. The number of nitrogens with zero attached hydrogens (tertiary/aromatic N) is 1. The molecule has 0 aliphatic heterocycles. The fourth-order valence-corrected chi connectivity index (χ4v) is 4.76. The molecule has 2 rings (SSSR count). The number of hydrogen-bond acceptors (Lipinski definition) is 4. The zero-order valence-electron chi connectivity index (χ0n) is 12.0. The van der Waals surface area contributed by atoms with Crippen molar-refractivity contribution in [2.45, 2.75) is 36.6 Å². The Balaban J connectivity index is 2.35. The molecule has 118 valence electrons. The number of rotatable bonds is 6. The van der Waals surface area contributed by atoms with Gasteiger partial charge in [-0.1, -0.05) is 24.4 Å². The average Bonchev–Trinajstić information content (AvgIpc) is 2.98. The van der Waals surface area contributed by atoms with Crippen LogP contribution in [0, 0.1) is 0 Å². The number of methoxy groups -OCH3 is 1. The highest BCUT2D eigenvalue weighted by Crippen LogP contribution is 2.32. The SMILES string of the molecule is COc1ccc(S(=O)(=O)N(CCO)C2CCCC2)cc1Cl. The minimum atomic E-state index is -3.66. The molecule has 0 radical (unpaired) electrons. The molecule has 0 aromatic heterocycles. The Bertz CT molecular complexity index is 585. The maximum Gasteiger partial charge on any atom is 0.243 e. The lowest BCUT2D eigenvalue weighted by atomic mass is 10.2. The smallest absolute Gasteiger partial charge is 0.243 e. The van der Waals surface area contributed by atoms with Gasteiger partial charge in [-0.2, -0.15) is 4.31 Å². The fourth-order valence-electron chi connectivity index (χ4n) is 2.73. The van der Waals surface area contributed by atoms with Crippen molar-refractivity contribution in [3.05, 3.63) is 23.2 Å². The van der Waals surface area contributed by atoms with Gasteiger partial charge < -0.3 is 9.84 Å². The largest absolute Gasteiger partial charge is 0.495 e. The molecule has 1 aromatic rings. The molecule has 1 fully saturated rings. The third-order valence-corrected chi connectivity index (χ3v) is 6.03. The second-order valence-electron chi connectivity index (χ2n) is 5.07. The topological polar surface area (TPSA) is 66.8 Å². The maximum absolute atomic E-state index is 12.8. The van der Waals surface area contributed by atoms with Crippen LogP contribution in [0.4, 0.5) is 0 Å². The quantitative estimate of drug-likeness (QED) is 0.867. The number of aliphatic hydroxyl groups is 1. The molecule has 1 aliphatic carbocycles. The molecule has 0 atom stereocenters. The maximum atomic E-state index is 12.8. The first-order chi connectivity index (χ1) is 10.0. The highest BCUT2D eigenvalue weighted by Gasteiger charge is 2.33. The van der Waals surface area contributed by atoms with Gasteiger partial charge in [0.15, 0.2) is 0 Å². The van der Waals surface area contributed by atoms with Gasteiger partial charge in [0.25, 0.3) is 0 Å². The number of ether oxygens (including phenoxy) is 1. The molecule has 1 aliphatic rings. The van der Waals surface area contributed by atoms with Gasteiger partial charge in [-0.3, -0.25) is 0 Å². The summed E-state index contributed by atoms with van der Waals surface area (Å²) in [7, 11) is -2.18.